The van der Waals surface area contributed by atoms with E-state index in [0.29, 0.717) is 16.3 Å². The molecule has 7 heteroatoms. The summed E-state index contributed by atoms with van der Waals surface area (Å²) in [7, 11) is 0. The van der Waals surface area contributed by atoms with Crippen LogP contribution in [0.15, 0.2) is 47.4 Å². The Balaban J connectivity index is 1.58. The van der Waals surface area contributed by atoms with Crippen LogP contribution in [0.1, 0.15) is 12.0 Å². The van der Waals surface area contributed by atoms with Gasteiger partial charge in [0.25, 0.3) is 0 Å². The van der Waals surface area contributed by atoms with Crippen molar-refractivity contribution in [3.8, 4) is 0 Å². The van der Waals surface area contributed by atoms with Gasteiger partial charge in [-0.2, -0.15) is 0 Å². The van der Waals surface area contributed by atoms with Gasteiger partial charge in [-0.1, -0.05) is 23.7 Å². The Morgan fingerprint density at radius 2 is 2.12 bits per heavy atom. The van der Waals surface area contributed by atoms with E-state index in [-0.39, 0.29) is 30.6 Å². The van der Waals surface area contributed by atoms with Crippen LogP contribution in [-0.2, 0) is 16.1 Å². The minimum atomic E-state index is -0.508. The quantitative estimate of drug-likeness (QED) is 0.871. The molecule has 0 fully saturated rings. The van der Waals surface area contributed by atoms with Crippen molar-refractivity contribution in [2.45, 2.75) is 23.1 Å². The molecule has 1 atom stereocenters. The fraction of sp³-hybridized carbons (Fsp3) is 0.176. The topological polar surface area (TPSA) is 58.2 Å². The predicted molar refractivity (Wildman–Crippen MR) is 92.6 cm³/mol. The van der Waals surface area contributed by atoms with Crippen LogP contribution in [0, 0.1) is 5.82 Å². The highest BCUT2D eigenvalue weighted by Crippen LogP contribution is 2.38. The minimum absolute atomic E-state index is 0.0495. The predicted octanol–water partition coefficient (Wildman–Crippen LogP) is 3.60. The van der Waals surface area contributed by atoms with Gasteiger partial charge in [0, 0.05) is 22.9 Å². The number of nitrogens with one attached hydrogen (secondary N) is 2. The summed E-state index contributed by atoms with van der Waals surface area (Å²) in [6, 6.07) is 11.3. The molecule has 0 bridgehead atoms. The third-order valence-corrected chi connectivity index (χ3v) is 5.02. The number of benzene rings is 2. The van der Waals surface area contributed by atoms with Crippen LogP contribution in [0.4, 0.5) is 10.1 Å². The van der Waals surface area contributed by atoms with E-state index in [2.05, 4.69) is 10.6 Å². The van der Waals surface area contributed by atoms with E-state index in [1.807, 2.05) is 6.07 Å². The molecular formula is C17H14ClFN2O2S. The molecule has 0 radical (unpaired) electrons. The van der Waals surface area contributed by atoms with Crippen LogP contribution in [-0.4, -0.2) is 17.1 Å². The number of hydrogen-bond donors (Lipinski definition) is 2. The molecule has 2 N–H and O–H groups in total. The van der Waals surface area contributed by atoms with Gasteiger partial charge in [0.2, 0.25) is 11.8 Å². The maximum Gasteiger partial charge on any atom is 0.238 e. The number of amides is 2. The van der Waals surface area contributed by atoms with Crippen LogP contribution in [0.2, 0.25) is 5.02 Å². The molecule has 1 aliphatic heterocycles. The van der Waals surface area contributed by atoms with Crippen molar-refractivity contribution >= 4 is 40.9 Å². The lowest BCUT2D eigenvalue weighted by molar-refractivity contribution is -0.124. The molecule has 3 rings (SSSR count). The number of rotatable bonds is 4. The first-order valence-corrected chi connectivity index (χ1v) is 8.55. The van der Waals surface area contributed by atoms with Crippen LogP contribution in [0.3, 0.4) is 0 Å². The highest BCUT2D eigenvalue weighted by atomic mass is 35.5. The van der Waals surface area contributed by atoms with Gasteiger partial charge < -0.3 is 10.6 Å². The third-order valence-electron chi connectivity index (χ3n) is 3.51. The summed E-state index contributed by atoms with van der Waals surface area (Å²) in [5.74, 6) is -0.834. The Bertz CT molecular complexity index is 800. The number of anilines is 1. The number of carbonyl (C=O) groups is 2. The molecule has 4 nitrogen and oxygen atoms in total. The summed E-state index contributed by atoms with van der Waals surface area (Å²) in [5, 5.41) is 5.51. The lowest BCUT2D eigenvalue weighted by Gasteiger charge is -2.23. The fourth-order valence-corrected chi connectivity index (χ4v) is 3.61. The molecule has 2 aromatic rings. The zero-order chi connectivity index (χ0) is 17.1. The van der Waals surface area contributed by atoms with Crippen molar-refractivity contribution < 1.29 is 14.0 Å². The SMILES string of the molecule is O=C(CC1Sc2ccc(Cl)cc2NC1=O)NCc1cccc(F)c1. The monoisotopic (exact) mass is 364 g/mol. The average Bonchev–Trinajstić information content (AvgIpc) is 2.54. The molecule has 0 saturated heterocycles. The van der Waals surface area contributed by atoms with Crippen LogP contribution < -0.4 is 10.6 Å². The maximum atomic E-state index is 13.1. The number of hydrogen-bond acceptors (Lipinski definition) is 3. The molecule has 1 aliphatic rings. The Hall–Kier alpha value is -2.05. The summed E-state index contributed by atoms with van der Waals surface area (Å²) >= 11 is 7.24. The van der Waals surface area contributed by atoms with Gasteiger partial charge >= 0.3 is 0 Å². The van der Waals surface area contributed by atoms with Crippen LogP contribution in [0.25, 0.3) is 0 Å². The zero-order valence-electron chi connectivity index (χ0n) is 12.5. The van der Waals surface area contributed by atoms with E-state index in [0.717, 1.165) is 4.90 Å². The second kappa shape index (κ2) is 7.23. The lowest BCUT2D eigenvalue weighted by Crippen LogP contribution is -2.34. The molecule has 124 valence electrons. The van der Waals surface area contributed by atoms with Crippen LogP contribution in [0.5, 0.6) is 0 Å². The molecule has 0 aliphatic carbocycles. The molecule has 1 unspecified atom stereocenters. The highest BCUT2D eigenvalue weighted by Gasteiger charge is 2.29. The Morgan fingerprint density at radius 1 is 1.29 bits per heavy atom. The van der Waals surface area contributed by atoms with Crippen molar-refractivity contribution in [3.63, 3.8) is 0 Å². The molecule has 2 amide bonds. The van der Waals surface area contributed by atoms with Crippen LogP contribution >= 0.6 is 23.4 Å². The van der Waals surface area contributed by atoms with Gasteiger partial charge in [-0.3, -0.25) is 9.59 Å². The average molecular weight is 365 g/mol. The molecule has 0 saturated carbocycles. The summed E-state index contributed by atoms with van der Waals surface area (Å²) in [4.78, 5) is 25.1. The summed E-state index contributed by atoms with van der Waals surface area (Å²) in [5.41, 5.74) is 1.33. The van der Waals surface area contributed by atoms with Crippen molar-refractivity contribution in [2.75, 3.05) is 5.32 Å². The molecule has 1 heterocycles. The Kier molecular flexibility index (Phi) is 5.06. The summed E-state index contributed by atoms with van der Waals surface area (Å²) in [6.45, 7) is 0.224. The largest absolute Gasteiger partial charge is 0.352 e. The van der Waals surface area contributed by atoms with E-state index in [1.54, 1.807) is 24.3 Å². The van der Waals surface area contributed by atoms with Gasteiger partial charge in [-0.05, 0) is 35.9 Å². The third kappa shape index (κ3) is 4.07. The van der Waals surface area contributed by atoms with E-state index < -0.39 is 5.25 Å². The number of halogens is 2. The molecule has 0 spiro atoms. The van der Waals surface area contributed by atoms with Gasteiger partial charge in [-0.15, -0.1) is 11.8 Å². The van der Waals surface area contributed by atoms with Gasteiger partial charge in [-0.25, -0.2) is 4.39 Å². The second-order valence-corrected chi connectivity index (χ2v) is 7.03. The highest BCUT2D eigenvalue weighted by molar-refractivity contribution is 8.01. The summed E-state index contributed by atoms with van der Waals surface area (Å²) < 4.78 is 13.1. The first-order valence-electron chi connectivity index (χ1n) is 7.29. The Labute approximate surface area is 147 Å². The minimum Gasteiger partial charge on any atom is -0.352 e. The second-order valence-electron chi connectivity index (χ2n) is 5.35. The van der Waals surface area contributed by atoms with Gasteiger partial charge in [0.15, 0.2) is 0 Å². The first-order chi connectivity index (χ1) is 11.5. The van der Waals surface area contributed by atoms with Gasteiger partial charge in [0.1, 0.15) is 5.82 Å². The Morgan fingerprint density at radius 3 is 2.92 bits per heavy atom. The van der Waals surface area contributed by atoms with Crippen molar-refractivity contribution in [1.82, 2.24) is 5.32 Å². The fourth-order valence-electron chi connectivity index (χ4n) is 2.35. The van der Waals surface area contributed by atoms with Crippen molar-refractivity contribution in [1.29, 1.82) is 0 Å². The molecule has 2 aromatic carbocycles. The van der Waals surface area contributed by atoms with Crippen molar-refractivity contribution in [3.05, 3.63) is 58.9 Å². The molecule has 0 aromatic heterocycles. The normalized spacial score (nSPS) is 16.2. The van der Waals surface area contributed by atoms with E-state index >= 15 is 0 Å². The smallest absolute Gasteiger partial charge is 0.238 e. The number of thioether (sulfide) groups is 1. The standard InChI is InChI=1S/C17H14ClFN2O2S/c18-11-4-5-14-13(7-11)21-17(23)15(24-14)8-16(22)20-9-10-2-1-3-12(19)6-10/h1-7,15H,8-9H2,(H,20,22)(H,21,23). The van der Waals surface area contributed by atoms with Crippen molar-refractivity contribution in [2.24, 2.45) is 0 Å². The number of fused-ring (bicyclic) bond motifs is 1. The molecule has 24 heavy (non-hydrogen) atoms. The van der Waals surface area contributed by atoms with Gasteiger partial charge in [0.05, 0.1) is 10.9 Å². The first kappa shape index (κ1) is 16.8. The maximum absolute atomic E-state index is 13.1. The zero-order valence-corrected chi connectivity index (χ0v) is 14.1. The number of carbonyl (C=O) groups excluding carboxylic acids is 2. The molecular weight excluding hydrogens is 351 g/mol. The van der Waals surface area contributed by atoms with E-state index in [9.17, 15) is 14.0 Å². The van der Waals surface area contributed by atoms with E-state index in [4.69, 9.17) is 11.6 Å². The lowest BCUT2D eigenvalue weighted by atomic mass is 10.2. The van der Waals surface area contributed by atoms with E-state index in [1.165, 1.54) is 23.9 Å². The summed E-state index contributed by atoms with van der Waals surface area (Å²) in [6.07, 6.45) is 0.0495.